The van der Waals surface area contributed by atoms with Crippen molar-refractivity contribution in [3.8, 4) is 5.88 Å². The highest BCUT2D eigenvalue weighted by molar-refractivity contribution is 7.98. The van der Waals surface area contributed by atoms with E-state index in [9.17, 15) is 4.79 Å². The molecule has 0 aliphatic heterocycles. The van der Waals surface area contributed by atoms with Crippen LogP contribution in [0.25, 0.3) is 11.0 Å². The van der Waals surface area contributed by atoms with Gasteiger partial charge in [0.15, 0.2) is 16.4 Å². The van der Waals surface area contributed by atoms with Crippen LogP contribution in [0, 0.1) is 0 Å². The third-order valence-corrected chi connectivity index (χ3v) is 6.70. The molecule has 8 heteroatoms. The van der Waals surface area contributed by atoms with E-state index in [1.54, 1.807) is 18.7 Å². The van der Waals surface area contributed by atoms with Crippen LogP contribution in [0.5, 0.6) is 5.88 Å². The zero-order valence-corrected chi connectivity index (χ0v) is 23.7. The zero-order chi connectivity index (χ0) is 26.0. The Morgan fingerprint density at radius 3 is 2.08 bits per heavy atom. The second-order valence-electron chi connectivity index (χ2n) is 9.19. The predicted octanol–water partition coefficient (Wildman–Crippen LogP) is 7.68. The Balaban J connectivity index is 1.63. The van der Waals surface area contributed by atoms with Crippen LogP contribution >= 0.6 is 11.8 Å². The Morgan fingerprint density at radius 1 is 0.861 bits per heavy atom. The highest BCUT2D eigenvalue weighted by Gasteiger charge is 2.23. The van der Waals surface area contributed by atoms with Gasteiger partial charge in [-0.15, -0.1) is 0 Å². The van der Waals surface area contributed by atoms with Gasteiger partial charge in [-0.2, -0.15) is 5.10 Å². The van der Waals surface area contributed by atoms with Gasteiger partial charge in [-0.1, -0.05) is 88.6 Å². The lowest BCUT2D eigenvalue weighted by atomic mass is 10.1. The van der Waals surface area contributed by atoms with Gasteiger partial charge in [-0.3, -0.25) is 0 Å². The number of fused-ring (bicyclic) bond motifs is 1. The molecule has 7 nitrogen and oxygen atoms in total. The number of esters is 1. The van der Waals surface area contributed by atoms with Crippen molar-refractivity contribution in [2.45, 2.75) is 109 Å². The van der Waals surface area contributed by atoms with Crippen molar-refractivity contribution in [2.75, 3.05) is 19.5 Å². The van der Waals surface area contributed by atoms with Crippen LogP contribution in [0.15, 0.2) is 17.3 Å². The number of unbranched alkanes of at least 4 members (excludes halogenated alkanes) is 12. The molecule has 0 atom stereocenters. The fourth-order valence-electron chi connectivity index (χ4n) is 4.14. The minimum absolute atomic E-state index is 0.189. The monoisotopic (exact) mass is 518 g/mol. The summed E-state index contributed by atoms with van der Waals surface area (Å²) in [6, 6.07) is 0. The molecule has 2 heterocycles. The molecule has 202 valence electrons. The number of carbonyl (C=O) groups excluding carboxylic acids is 1. The Labute approximate surface area is 221 Å². The lowest BCUT2D eigenvalue weighted by molar-refractivity contribution is 0.0520. The van der Waals surface area contributed by atoms with E-state index >= 15 is 0 Å². The molecule has 0 radical (unpaired) electrons. The summed E-state index contributed by atoms with van der Waals surface area (Å²) >= 11 is 1.38. The van der Waals surface area contributed by atoms with Gasteiger partial charge in [-0.25, -0.2) is 19.4 Å². The molecule has 2 aromatic rings. The molecule has 0 bridgehead atoms. The van der Waals surface area contributed by atoms with Gasteiger partial charge in [-0.05, 0) is 45.3 Å². The maximum Gasteiger partial charge on any atom is 0.359 e. The van der Waals surface area contributed by atoms with Gasteiger partial charge in [0.2, 0.25) is 5.88 Å². The highest BCUT2D eigenvalue weighted by Crippen LogP contribution is 2.27. The van der Waals surface area contributed by atoms with Crippen LogP contribution in [0.4, 0.5) is 0 Å². The van der Waals surface area contributed by atoms with Crippen molar-refractivity contribution < 1.29 is 14.3 Å². The SMILES string of the molecule is CCCCCCCCC=CCCCCCCCCOc1c2nc(SC)nc(C(=O)OCC)c2nn1C. The molecular weight excluding hydrogens is 472 g/mol. The van der Waals surface area contributed by atoms with Gasteiger partial charge in [0.25, 0.3) is 0 Å². The summed E-state index contributed by atoms with van der Waals surface area (Å²) in [6.07, 6.45) is 24.5. The van der Waals surface area contributed by atoms with Crippen molar-refractivity contribution in [1.29, 1.82) is 0 Å². The number of hydrogen-bond acceptors (Lipinski definition) is 7. The van der Waals surface area contributed by atoms with E-state index in [-0.39, 0.29) is 12.3 Å². The molecule has 2 aromatic heterocycles. The molecule has 0 aromatic carbocycles. The predicted molar refractivity (Wildman–Crippen MR) is 149 cm³/mol. The van der Waals surface area contributed by atoms with Gasteiger partial charge >= 0.3 is 5.97 Å². The summed E-state index contributed by atoms with van der Waals surface area (Å²) in [5.74, 6) is 0.0825. The third-order valence-electron chi connectivity index (χ3n) is 6.16. The summed E-state index contributed by atoms with van der Waals surface area (Å²) in [6.45, 7) is 4.92. The molecular formula is C28H46N4O3S. The molecule has 0 spiro atoms. The summed E-state index contributed by atoms with van der Waals surface area (Å²) in [4.78, 5) is 21.2. The number of thioether (sulfide) groups is 1. The fourth-order valence-corrected chi connectivity index (χ4v) is 4.51. The molecule has 0 fully saturated rings. The van der Waals surface area contributed by atoms with Crippen molar-refractivity contribution in [1.82, 2.24) is 19.7 Å². The molecule has 0 unspecified atom stereocenters. The number of rotatable bonds is 20. The van der Waals surface area contributed by atoms with Crippen LogP contribution in [0.1, 0.15) is 114 Å². The van der Waals surface area contributed by atoms with Crippen molar-refractivity contribution >= 4 is 28.8 Å². The second kappa shape index (κ2) is 18.2. The highest BCUT2D eigenvalue weighted by atomic mass is 32.2. The van der Waals surface area contributed by atoms with Crippen LogP contribution in [-0.4, -0.2) is 45.2 Å². The van der Waals surface area contributed by atoms with E-state index in [1.807, 2.05) is 6.26 Å². The number of carbonyl (C=O) groups is 1. The average molecular weight is 519 g/mol. The van der Waals surface area contributed by atoms with Crippen molar-refractivity contribution in [3.05, 3.63) is 17.8 Å². The first-order valence-electron chi connectivity index (χ1n) is 13.9. The largest absolute Gasteiger partial charge is 0.476 e. The Kier molecular flexibility index (Phi) is 15.2. The van der Waals surface area contributed by atoms with Gasteiger partial charge < -0.3 is 9.47 Å². The summed E-state index contributed by atoms with van der Waals surface area (Å²) < 4.78 is 12.8. The first-order chi connectivity index (χ1) is 17.6. The van der Waals surface area contributed by atoms with E-state index in [0.29, 0.717) is 28.7 Å². The summed E-state index contributed by atoms with van der Waals surface area (Å²) in [5, 5.41) is 4.94. The second-order valence-corrected chi connectivity index (χ2v) is 9.97. The molecule has 0 aliphatic rings. The summed E-state index contributed by atoms with van der Waals surface area (Å²) in [5.41, 5.74) is 1.17. The molecule has 0 saturated carbocycles. The zero-order valence-electron chi connectivity index (χ0n) is 22.9. The van der Waals surface area contributed by atoms with E-state index in [2.05, 4.69) is 34.1 Å². The van der Waals surface area contributed by atoms with Crippen LogP contribution in [0.3, 0.4) is 0 Å². The number of allylic oxidation sites excluding steroid dienone is 2. The lowest BCUT2D eigenvalue weighted by Gasteiger charge is -2.07. The number of nitrogens with zero attached hydrogens (tertiary/aromatic N) is 4. The van der Waals surface area contributed by atoms with Crippen molar-refractivity contribution in [3.63, 3.8) is 0 Å². The maximum atomic E-state index is 12.4. The van der Waals surface area contributed by atoms with Crippen LogP contribution in [0.2, 0.25) is 0 Å². The van der Waals surface area contributed by atoms with Crippen molar-refractivity contribution in [2.24, 2.45) is 7.05 Å². The number of ether oxygens (including phenoxy) is 2. The summed E-state index contributed by atoms with van der Waals surface area (Å²) in [7, 11) is 1.80. The van der Waals surface area contributed by atoms with E-state index in [1.165, 1.54) is 88.8 Å². The normalized spacial score (nSPS) is 11.6. The van der Waals surface area contributed by atoms with Gasteiger partial charge in [0, 0.05) is 7.05 Å². The molecule has 2 rings (SSSR count). The topological polar surface area (TPSA) is 79.1 Å². The fraction of sp³-hybridized carbons (Fsp3) is 0.714. The molecule has 36 heavy (non-hydrogen) atoms. The molecule has 0 aliphatic carbocycles. The van der Waals surface area contributed by atoms with E-state index in [0.717, 1.165) is 12.8 Å². The quantitative estimate of drug-likeness (QED) is 0.0584. The molecule has 0 amide bonds. The standard InChI is InChI=1S/C28H46N4O3S/c1-5-7-8-9-10-11-12-13-14-15-16-17-18-19-20-21-22-35-26-24-23(31-32(26)3)25(27(33)34-6-2)30-28(29-24)36-4/h13-14H,5-12,15-22H2,1-4H3. The molecule has 0 N–H and O–H groups in total. The Hall–Kier alpha value is -2.09. The third kappa shape index (κ3) is 10.5. The van der Waals surface area contributed by atoms with E-state index < -0.39 is 5.97 Å². The smallest absolute Gasteiger partial charge is 0.359 e. The first kappa shape index (κ1) is 30.1. The minimum atomic E-state index is -0.488. The van der Waals surface area contributed by atoms with Gasteiger partial charge in [0.05, 0.1) is 13.2 Å². The van der Waals surface area contributed by atoms with Crippen LogP contribution < -0.4 is 4.74 Å². The first-order valence-corrected chi connectivity index (χ1v) is 15.1. The van der Waals surface area contributed by atoms with E-state index in [4.69, 9.17) is 9.47 Å². The molecule has 0 saturated heterocycles. The Morgan fingerprint density at radius 2 is 1.47 bits per heavy atom. The Bertz CT molecular complexity index is 929. The number of hydrogen-bond donors (Lipinski definition) is 0. The van der Waals surface area contributed by atoms with Crippen LogP contribution in [-0.2, 0) is 11.8 Å². The number of aromatic nitrogens is 4. The lowest BCUT2D eigenvalue weighted by Crippen LogP contribution is -2.09. The average Bonchev–Trinajstić information content (AvgIpc) is 3.20. The number of aryl methyl sites for hydroxylation is 1. The minimum Gasteiger partial charge on any atom is -0.476 e. The van der Waals surface area contributed by atoms with Gasteiger partial charge in [0.1, 0.15) is 5.52 Å². The maximum absolute atomic E-state index is 12.4.